The minimum absolute atomic E-state index is 0.0990. The van der Waals surface area contributed by atoms with Crippen molar-refractivity contribution in [3.05, 3.63) is 53.2 Å². The molecule has 0 fully saturated rings. The maximum Gasteiger partial charge on any atom is 0.433 e. The van der Waals surface area contributed by atoms with E-state index >= 15 is 0 Å². The topological polar surface area (TPSA) is 86.5 Å². The molecular weight excluding hydrogens is 327 g/mol. The maximum absolute atomic E-state index is 12.9. The Labute approximate surface area is 135 Å². The molecule has 0 unspecified atom stereocenters. The fraction of sp³-hybridized carbons (Fsp3) is 0.200. The zero-order valence-electron chi connectivity index (χ0n) is 12.6. The Hall–Kier alpha value is -2.65. The van der Waals surface area contributed by atoms with Crippen molar-refractivity contribution in [3.8, 4) is 11.6 Å². The van der Waals surface area contributed by atoms with Crippen LogP contribution in [0.15, 0.2) is 36.4 Å². The summed E-state index contributed by atoms with van der Waals surface area (Å²) in [7, 11) is 1.28. The molecule has 1 aromatic heterocycles. The van der Waals surface area contributed by atoms with E-state index < -0.39 is 17.8 Å². The van der Waals surface area contributed by atoms with Gasteiger partial charge in [0.15, 0.2) is 0 Å². The Morgan fingerprint density at radius 3 is 2.67 bits per heavy atom. The number of benzene rings is 1. The van der Waals surface area contributed by atoms with E-state index in [-0.39, 0.29) is 29.3 Å². The number of carbonyl (C=O) groups excluding carboxylic acids is 1. The van der Waals surface area contributed by atoms with Gasteiger partial charge in [-0.25, -0.2) is 10.5 Å². The summed E-state index contributed by atoms with van der Waals surface area (Å²) in [6.45, 7) is -0.0990. The first-order valence-electron chi connectivity index (χ1n) is 6.73. The molecule has 1 aromatic carbocycles. The number of hydrogen-bond donors (Lipinski definition) is 2. The number of ether oxygens (including phenoxy) is 1. The lowest BCUT2D eigenvalue weighted by Gasteiger charge is -2.12. The average Bonchev–Trinajstić information content (AvgIpc) is 2.54. The molecule has 0 aliphatic heterocycles. The van der Waals surface area contributed by atoms with E-state index in [1.807, 2.05) is 0 Å². The van der Waals surface area contributed by atoms with Crippen molar-refractivity contribution in [1.29, 1.82) is 0 Å². The van der Waals surface area contributed by atoms with Crippen molar-refractivity contribution in [2.75, 3.05) is 7.11 Å². The third-order valence-electron chi connectivity index (χ3n) is 2.90. The molecular formula is C15H14F3N3O3. The maximum atomic E-state index is 12.9. The summed E-state index contributed by atoms with van der Waals surface area (Å²) in [5.74, 6) is -0.647. The van der Waals surface area contributed by atoms with Gasteiger partial charge in [0, 0.05) is 18.2 Å². The zero-order chi connectivity index (χ0) is 17.7. The van der Waals surface area contributed by atoms with Crippen molar-refractivity contribution in [2.24, 2.45) is 5.73 Å². The number of hydrogen-bond acceptors (Lipinski definition) is 5. The highest BCUT2D eigenvalue weighted by molar-refractivity contribution is 5.93. The van der Waals surface area contributed by atoms with Gasteiger partial charge in [-0.2, -0.15) is 13.2 Å². The number of nitrogens with one attached hydrogen (secondary N) is 1. The first kappa shape index (κ1) is 17.7. The first-order valence-corrected chi connectivity index (χ1v) is 6.73. The molecule has 0 aliphatic rings. The largest absolute Gasteiger partial charge is 0.439 e. The number of amides is 1. The van der Waals surface area contributed by atoms with E-state index in [1.165, 1.54) is 37.4 Å². The smallest absolute Gasteiger partial charge is 0.433 e. The van der Waals surface area contributed by atoms with Gasteiger partial charge in [0.1, 0.15) is 11.4 Å². The Morgan fingerprint density at radius 1 is 1.29 bits per heavy atom. The number of rotatable bonds is 5. The second kappa shape index (κ2) is 7.28. The van der Waals surface area contributed by atoms with Gasteiger partial charge in [0.25, 0.3) is 5.91 Å². The number of nitrogens with two attached hydrogens (primary N) is 1. The third kappa shape index (κ3) is 4.43. The van der Waals surface area contributed by atoms with Gasteiger partial charge < -0.3 is 10.5 Å². The highest BCUT2D eigenvalue weighted by atomic mass is 19.4. The quantitative estimate of drug-likeness (QED) is 0.817. The summed E-state index contributed by atoms with van der Waals surface area (Å²) >= 11 is 0. The molecule has 2 aromatic rings. The van der Waals surface area contributed by atoms with Crippen LogP contribution in [-0.2, 0) is 17.6 Å². The number of hydroxylamine groups is 1. The van der Waals surface area contributed by atoms with E-state index in [4.69, 9.17) is 10.5 Å². The molecule has 128 valence electrons. The van der Waals surface area contributed by atoms with Crippen LogP contribution in [0.25, 0.3) is 0 Å². The molecule has 6 nitrogen and oxygen atoms in total. The number of carbonyl (C=O) groups is 1. The fourth-order valence-electron chi connectivity index (χ4n) is 1.85. The van der Waals surface area contributed by atoms with Crippen LogP contribution in [0.5, 0.6) is 11.6 Å². The average molecular weight is 341 g/mol. The van der Waals surface area contributed by atoms with Crippen LogP contribution in [0.2, 0.25) is 0 Å². The lowest BCUT2D eigenvalue weighted by atomic mass is 10.2. The van der Waals surface area contributed by atoms with Gasteiger partial charge in [-0.1, -0.05) is 6.07 Å². The van der Waals surface area contributed by atoms with Crippen LogP contribution in [0.1, 0.15) is 21.6 Å². The van der Waals surface area contributed by atoms with E-state index in [0.29, 0.717) is 0 Å². The number of alkyl halides is 3. The highest BCUT2D eigenvalue weighted by Crippen LogP contribution is 2.31. The van der Waals surface area contributed by atoms with Crippen molar-refractivity contribution >= 4 is 5.91 Å². The summed E-state index contributed by atoms with van der Waals surface area (Å²) in [5, 5.41) is 0. The molecule has 2 rings (SSSR count). The summed E-state index contributed by atoms with van der Waals surface area (Å²) in [4.78, 5) is 19.6. The Morgan fingerprint density at radius 2 is 2.04 bits per heavy atom. The molecule has 0 atom stereocenters. The molecule has 3 N–H and O–H groups in total. The minimum atomic E-state index is -4.62. The Bertz CT molecular complexity index is 735. The second-order valence-corrected chi connectivity index (χ2v) is 4.67. The van der Waals surface area contributed by atoms with Crippen LogP contribution in [0.4, 0.5) is 13.2 Å². The van der Waals surface area contributed by atoms with Crippen LogP contribution in [-0.4, -0.2) is 18.0 Å². The number of aromatic nitrogens is 1. The first-order chi connectivity index (χ1) is 11.3. The normalized spacial score (nSPS) is 11.2. The fourth-order valence-corrected chi connectivity index (χ4v) is 1.85. The zero-order valence-corrected chi connectivity index (χ0v) is 12.6. The van der Waals surface area contributed by atoms with Crippen molar-refractivity contribution in [3.63, 3.8) is 0 Å². The number of halogens is 3. The Kier molecular flexibility index (Phi) is 5.37. The van der Waals surface area contributed by atoms with E-state index in [9.17, 15) is 18.0 Å². The van der Waals surface area contributed by atoms with E-state index in [2.05, 4.69) is 15.3 Å². The molecule has 9 heteroatoms. The van der Waals surface area contributed by atoms with Crippen molar-refractivity contribution in [2.45, 2.75) is 12.7 Å². The van der Waals surface area contributed by atoms with Gasteiger partial charge >= 0.3 is 6.18 Å². The number of nitrogens with zero attached hydrogens (tertiary/aromatic N) is 1. The van der Waals surface area contributed by atoms with E-state index in [0.717, 1.165) is 6.07 Å². The SMILES string of the molecule is CONC(=O)c1cccc(Oc2cc(CN)cc(C(F)(F)F)n2)c1. The summed E-state index contributed by atoms with van der Waals surface area (Å²) < 4.78 is 43.9. The van der Waals surface area contributed by atoms with Crippen molar-refractivity contribution in [1.82, 2.24) is 10.5 Å². The van der Waals surface area contributed by atoms with Gasteiger partial charge in [0.2, 0.25) is 5.88 Å². The molecule has 0 radical (unpaired) electrons. The molecule has 1 heterocycles. The van der Waals surface area contributed by atoms with Gasteiger partial charge in [-0.3, -0.25) is 9.63 Å². The van der Waals surface area contributed by atoms with Crippen LogP contribution in [0.3, 0.4) is 0 Å². The lowest BCUT2D eigenvalue weighted by molar-refractivity contribution is -0.141. The molecule has 1 amide bonds. The van der Waals surface area contributed by atoms with Crippen LogP contribution in [0, 0.1) is 0 Å². The summed E-state index contributed by atoms with van der Waals surface area (Å²) in [5.41, 5.74) is 6.86. The third-order valence-corrected chi connectivity index (χ3v) is 2.90. The van der Waals surface area contributed by atoms with Gasteiger partial charge in [-0.15, -0.1) is 0 Å². The van der Waals surface area contributed by atoms with E-state index in [1.54, 1.807) is 0 Å². The van der Waals surface area contributed by atoms with Gasteiger partial charge in [0.05, 0.1) is 7.11 Å². The Balaban J connectivity index is 2.31. The predicted molar refractivity (Wildman–Crippen MR) is 78.1 cm³/mol. The molecule has 0 saturated heterocycles. The molecule has 0 aliphatic carbocycles. The predicted octanol–water partition coefficient (Wildman–Crippen LogP) is 2.64. The molecule has 0 spiro atoms. The summed E-state index contributed by atoms with van der Waals surface area (Å²) in [6.07, 6.45) is -4.62. The van der Waals surface area contributed by atoms with Crippen molar-refractivity contribution < 1.29 is 27.5 Å². The lowest BCUT2D eigenvalue weighted by Crippen LogP contribution is -2.21. The highest BCUT2D eigenvalue weighted by Gasteiger charge is 2.33. The molecule has 24 heavy (non-hydrogen) atoms. The second-order valence-electron chi connectivity index (χ2n) is 4.67. The summed E-state index contributed by atoms with van der Waals surface area (Å²) in [6, 6.07) is 7.99. The minimum Gasteiger partial charge on any atom is -0.439 e. The van der Waals surface area contributed by atoms with Crippen LogP contribution >= 0.6 is 0 Å². The van der Waals surface area contributed by atoms with Crippen LogP contribution < -0.4 is 16.0 Å². The molecule has 0 bridgehead atoms. The number of pyridine rings is 1. The molecule has 0 saturated carbocycles. The standard InChI is InChI=1S/C15H14F3N3O3/c1-23-21-14(22)10-3-2-4-11(7-10)24-13-6-9(8-19)5-12(20-13)15(16,17)18/h2-7H,8,19H2,1H3,(H,21,22). The monoisotopic (exact) mass is 341 g/mol. The van der Waals surface area contributed by atoms with Gasteiger partial charge in [-0.05, 0) is 29.8 Å².